The van der Waals surface area contributed by atoms with E-state index in [2.05, 4.69) is 21.4 Å². The number of halogens is 1. The van der Waals surface area contributed by atoms with Crippen molar-refractivity contribution in [2.45, 2.75) is 31.8 Å². The predicted molar refractivity (Wildman–Crippen MR) is 116 cm³/mol. The molecule has 8 heteroatoms. The van der Waals surface area contributed by atoms with Crippen molar-refractivity contribution in [2.24, 2.45) is 0 Å². The summed E-state index contributed by atoms with van der Waals surface area (Å²) in [4.78, 5) is 26.7. The summed E-state index contributed by atoms with van der Waals surface area (Å²) >= 11 is 6.30. The maximum atomic E-state index is 13.3. The summed E-state index contributed by atoms with van der Waals surface area (Å²) in [6.45, 7) is 1.94. The topological polar surface area (TPSA) is 96.5 Å². The molecular formula is C22H17ClN6O. The van der Waals surface area contributed by atoms with Crippen LogP contribution in [0.1, 0.15) is 43.2 Å². The molecular weight excluding hydrogens is 400 g/mol. The minimum Gasteiger partial charge on any atom is -0.360 e. The maximum absolute atomic E-state index is 13.3. The maximum Gasteiger partial charge on any atom is 0.263 e. The molecule has 0 bridgehead atoms. The molecule has 4 aromatic rings. The van der Waals surface area contributed by atoms with Gasteiger partial charge in [-0.25, -0.2) is 15.0 Å². The molecule has 2 heterocycles. The highest BCUT2D eigenvalue weighted by atomic mass is 35.5. The molecule has 0 spiro atoms. The summed E-state index contributed by atoms with van der Waals surface area (Å²) in [5, 5.41) is 14.2. The Morgan fingerprint density at radius 2 is 2.07 bits per heavy atom. The number of nitrogens with zero attached hydrogens (tertiary/aromatic N) is 5. The average molecular weight is 417 g/mol. The van der Waals surface area contributed by atoms with Crippen molar-refractivity contribution in [3.8, 4) is 6.07 Å². The molecule has 0 unspecified atom stereocenters. The van der Waals surface area contributed by atoms with Crippen molar-refractivity contribution >= 4 is 39.2 Å². The number of fused-ring (bicyclic) bond motifs is 2. The molecule has 0 radical (unpaired) electrons. The Labute approximate surface area is 177 Å². The Kier molecular flexibility index (Phi) is 4.37. The molecule has 1 atom stereocenters. The Hall–Kier alpha value is -3.50. The van der Waals surface area contributed by atoms with E-state index >= 15 is 0 Å². The molecule has 148 valence electrons. The van der Waals surface area contributed by atoms with Crippen LogP contribution in [0.25, 0.3) is 21.8 Å². The fraction of sp³-hybridized carbons (Fsp3) is 0.227. The minimum atomic E-state index is -0.300. The van der Waals surface area contributed by atoms with E-state index in [-0.39, 0.29) is 17.6 Å². The summed E-state index contributed by atoms with van der Waals surface area (Å²) in [6, 6.07) is 12.6. The quantitative estimate of drug-likeness (QED) is 0.530. The summed E-state index contributed by atoms with van der Waals surface area (Å²) < 4.78 is 1.76. The van der Waals surface area contributed by atoms with Crippen LogP contribution >= 0.6 is 11.6 Å². The third-order valence-corrected chi connectivity index (χ3v) is 5.64. The zero-order valence-electron chi connectivity index (χ0n) is 16.1. The van der Waals surface area contributed by atoms with E-state index in [1.165, 1.54) is 6.33 Å². The van der Waals surface area contributed by atoms with Gasteiger partial charge in [0.15, 0.2) is 0 Å². The van der Waals surface area contributed by atoms with Gasteiger partial charge in [-0.3, -0.25) is 9.36 Å². The van der Waals surface area contributed by atoms with E-state index in [1.54, 1.807) is 41.0 Å². The van der Waals surface area contributed by atoms with Crippen LogP contribution in [0.4, 0.5) is 5.82 Å². The summed E-state index contributed by atoms with van der Waals surface area (Å²) in [5.74, 6) is 1.23. The lowest BCUT2D eigenvalue weighted by molar-refractivity contribution is 0.610. The molecule has 1 aliphatic carbocycles. The normalized spacial score (nSPS) is 14.6. The van der Waals surface area contributed by atoms with Gasteiger partial charge in [0.25, 0.3) is 5.56 Å². The molecule has 1 aliphatic rings. The van der Waals surface area contributed by atoms with Gasteiger partial charge in [0.05, 0.1) is 39.1 Å². The van der Waals surface area contributed by atoms with Gasteiger partial charge in [0.1, 0.15) is 18.0 Å². The van der Waals surface area contributed by atoms with Gasteiger partial charge in [-0.2, -0.15) is 5.26 Å². The molecule has 7 nitrogen and oxygen atoms in total. The molecule has 2 aromatic carbocycles. The monoisotopic (exact) mass is 416 g/mol. The Bertz CT molecular complexity index is 1400. The molecule has 1 saturated carbocycles. The molecule has 1 fully saturated rings. The highest BCUT2D eigenvalue weighted by Crippen LogP contribution is 2.37. The van der Waals surface area contributed by atoms with Gasteiger partial charge in [0, 0.05) is 11.4 Å². The Morgan fingerprint density at radius 3 is 2.83 bits per heavy atom. The minimum absolute atomic E-state index is 0.115. The molecule has 0 aliphatic heterocycles. The number of anilines is 1. The van der Waals surface area contributed by atoms with Crippen LogP contribution in [0, 0.1) is 11.3 Å². The molecule has 0 saturated heterocycles. The molecule has 2 aromatic heterocycles. The van der Waals surface area contributed by atoms with Gasteiger partial charge >= 0.3 is 0 Å². The van der Waals surface area contributed by atoms with Gasteiger partial charge in [-0.15, -0.1) is 0 Å². The van der Waals surface area contributed by atoms with Crippen molar-refractivity contribution in [3.05, 3.63) is 69.5 Å². The molecule has 0 amide bonds. The number of aromatic nitrogens is 4. The summed E-state index contributed by atoms with van der Waals surface area (Å²) in [5.41, 5.74) is 1.72. The predicted octanol–water partition coefficient (Wildman–Crippen LogP) is 4.37. The van der Waals surface area contributed by atoms with Crippen LogP contribution in [0.15, 0.2) is 47.5 Å². The zero-order chi connectivity index (χ0) is 20.8. The fourth-order valence-electron chi connectivity index (χ4n) is 3.72. The third-order valence-electron chi connectivity index (χ3n) is 5.32. The smallest absolute Gasteiger partial charge is 0.263 e. The van der Waals surface area contributed by atoms with Crippen molar-refractivity contribution in [2.75, 3.05) is 5.32 Å². The highest BCUT2D eigenvalue weighted by Gasteiger charge is 2.30. The highest BCUT2D eigenvalue weighted by molar-refractivity contribution is 6.35. The lowest BCUT2D eigenvalue weighted by Crippen LogP contribution is -2.28. The van der Waals surface area contributed by atoms with Crippen LogP contribution in [0.5, 0.6) is 0 Å². The number of benzene rings is 2. The standard InChI is InChI=1S/C22H17ClN6O/c1-12(27-20-15-9-13(10-24)5-8-17(15)25-11-26-20)21-28-18-4-2-3-16(23)19(18)22(30)29(21)14-6-7-14/h2-5,8-9,11-12,14H,6-7H2,1H3,(H,25,26,27)/t12-/m0/s1. The van der Waals surface area contributed by atoms with Crippen molar-refractivity contribution in [1.82, 2.24) is 19.5 Å². The van der Waals surface area contributed by atoms with Gasteiger partial charge in [-0.1, -0.05) is 17.7 Å². The first-order valence-corrected chi connectivity index (χ1v) is 10.1. The third kappa shape index (κ3) is 3.06. The van der Waals surface area contributed by atoms with E-state index in [1.807, 2.05) is 6.92 Å². The first-order chi connectivity index (χ1) is 14.6. The second-order valence-corrected chi connectivity index (χ2v) is 7.85. The van der Waals surface area contributed by atoms with E-state index < -0.39 is 0 Å². The van der Waals surface area contributed by atoms with Crippen molar-refractivity contribution in [1.29, 1.82) is 5.26 Å². The lowest BCUT2D eigenvalue weighted by Gasteiger charge is -2.20. The number of nitrogens with one attached hydrogen (secondary N) is 1. The van der Waals surface area contributed by atoms with Crippen LogP contribution in [-0.4, -0.2) is 19.5 Å². The van der Waals surface area contributed by atoms with Gasteiger partial charge in [-0.05, 0) is 50.1 Å². The second-order valence-electron chi connectivity index (χ2n) is 7.44. The van der Waals surface area contributed by atoms with E-state index in [0.29, 0.717) is 33.1 Å². The number of rotatable bonds is 4. The zero-order valence-corrected chi connectivity index (χ0v) is 16.9. The fourth-order valence-corrected chi connectivity index (χ4v) is 3.97. The number of hydrogen-bond donors (Lipinski definition) is 1. The molecule has 30 heavy (non-hydrogen) atoms. The van der Waals surface area contributed by atoms with Crippen LogP contribution in [-0.2, 0) is 0 Å². The van der Waals surface area contributed by atoms with Gasteiger partial charge in [0.2, 0.25) is 0 Å². The van der Waals surface area contributed by atoms with Crippen molar-refractivity contribution < 1.29 is 0 Å². The SMILES string of the molecule is C[C@H](Nc1ncnc2ccc(C#N)cc12)c1nc2cccc(Cl)c2c(=O)n1C1CC1. The largest absolute Gasteiger partial charge is 0.360 e. The first kappa shape index (κ1) is 18.5. The Balaban J connectivity index is 1.63. The summed E-state index contributed by atoms with van der Waals surface area (Å²) in [6.07, 6.45) is 3.36. The van der Waals surface area contributed by atoms with E-state index in [9.17, 15) is 10.1 Å². The summed E-state index contributed by atoms with van der Waals surface area (Å²) in [7, 11) is 0. The second kappa shape index (κ2) is 7.08. The Morgan fingerprint density at radius 1 is 1.23 bits per heavy atom. The van der Waals surface area contributed by atoms with Gasteiger partial charge < -0.3 is 5.32 Å². The molecule has 1 N–H and O–H groups in total. The average Bonchev–Trinajstić information content (AvgIpc) is 3.58. The van der Waals surface area contributed by atoms with E-state index in [4.69, 9.17) is 16.6 Å². The lowest BCUT2D eigenvalue weighted by atomic mass is 10.1. The first-order valence-electron chi connectivity index (χ1n) is 9.69. The van der Waals surface area contributed by atoms with E-state index in [0.717, 1.165) is 23.7 Å². The van der Waals surface area contributed by atoms with Crippen molar-refractivity contribution in [3.63, 3.8) is 0 Å². The van der Waals surface area contributed by atoms with Crippen LogP contribution in [0.2, 0.25) is 5.02 Å². The van der Waals surface area contributed by atoms with Crippen LogP contribution < -0.4 is 10.9 Å². The number of nitriles is 1. The van der Waals surface area contributed by atoms with Crippen LogP contribution in [0.3, 0.4) is 0 Å². The molecule has 5 rings (SSSR count). The number of hydrogen-bond acceptors (Lipinski definition) is 6.